The van der Waals surface area contributed by atoms with E-state index in [1.54, 1.807) is 6.33 Å². The predicted octanol–water partition coefficient (Wildman–Crippen LogP) is 3.88. The second-order valence-corrected chi connectivity index (χ2v) is 8.08. The number of ether oxygens (including phenoxy) is 1. The molecule has 1 unspecified atom stereocenters. The van der Waals surface area contributed by atoms with Gasteiger partial charge in [0.25, 0.3) is 0 Å². The highest BCUT2D eigenvalue weighted by molar-refractivity contribution is 6.09. The maximum absolute atomic E-state index is 7.84. The molecule has 0 radical (unpaired) electrons. The van der Waals surface area contributed by atoms with Crippen molar-refractivity contribution in [2.24, 2.45) is 0 Å². The van der Waals surface area contributed by atoms with Crippen molar-refractivity contribution in [2.45, 2.75) is 57.8 Å². The van der Waals surface area contributed by atoms with Crippen molar-refractivity contribution in [1.82, 2.24) is 20.2 Å². The van der Waals surface area contributed by atoms with Gasteiger partial charge >= 0.3 is 0 Å². The van der Waals surface area contributed by atoms with Crippen molar-refractivity contribution in [3.8, 4) is 0 Å². The van der Waals surface area contributed by atoms with E-state index in [1.165, 1.54) is 19.1 Å². The van der Waals surface area contributed by atoms with Crippen LogP contribution in [0.5, 0.6) is 0 Å². The third-order valence-electron chi connectivity index (χ3n) is 5.78. The molecule has 1 fully saturated rings. The van der Waals surface area contributed by atoms with Gasteiger partial charge in [0.1, 0.15) is 18.4 Å². The lowest BCUT2D eigenvalue weighted by molar-refractivity contribution is 0.0622. The van der Waals surface area contributed by atoms with E-state index in [-0.39, 0.29) is 6.23 Å². The Labute approximate surface area is 179 Å². The fraction of sp³-hybridized carbons (Fsp3) is 0.522. The lowest BCUT2D eigenvalue weighted by atomic mass is 9.90. The Morgan fingerprint density at radius 1 is 1.27 bits per heavy atom. The maximum atomic E-state index is 7.84. The first-order chi connectivity index (χ1) is 14.5. The molecule has 1 aromatic carbocycles. The highest BCUT2D eigenvalue weighted by atomic mass is 16.5. The first kappa shape index (κ1) is 22.2. The minimum absolute atomic E-state index is 0.108. The van der Waals surface area contributed by atoms with Crippen LogP contribution in [-0.2, 0) is 4.74 Å². The third-order valence-corrected chi connectivity index (χ3v) is 5.78. The minimum atomic E-state index is -0.108. The van der Waals surface area contributed by atoms with Gasteiger partial charge in [-0.25, -0.2) is 9.97 Å². The number of allylic oxidation sites excluding steroid dienone is 1. The van der Waals surface area contributed by atoms with E-state index in [0.717, 1.165) is 40.7 Å². The molecule has 1 heterocycles. The topological polar surface area (TPSA) is 86.2 Å². The van der Waals surface area contributed by atoms with E-state index in [0.29, 0.717) is 18.7 Å². The van der Waals surface area contributed by atoms with Gasteiger partial charge in [-0.3, -0.25) is 0 Å². The van der Waals surface area contributed by atoms with Crippen LogP contribution >= 0.6 is 0 Å². The summed E-state index contributed by atoms with van der Waals surface area (Å²) < 4.78 is 5.50. The van der Waals surface area contributed by atoms with Crippen molar-refractivity contribution in [3.05, 3.63) is 36.3 Å². The zero-order valence-electron chi connectivity index (χ0n) is 18.5. The van der Waals surface area contributed by atoms with Crippen LogP contribution in [0.4, 0.5) is 5.82 Å². The molecule has 0 saturated heterocycles. The van der Waals surface area contributed by atoms with E-state index in [9.17, 15) is 0 Å². The standard InChI is InChI=1S/C23H34N6O/c1-5-30-16(2)25-14-18(13-24)17-6-11-22-21(12-17)23(27-15-26-22)28-19-7-9-20(10-8-19)29(3)4/h6,11-16,19-20,24-25H,5,7-10H2,1-4H3,(H,26,27,28)/b18-14+,24-13?. The van der Waals surface area contributed by atoms with Gasteiger partial charge in [0.15, 0.2) is 0 Å². The van der Waals surface area contributed by atoms with Crippen LogP contribution in [0, 0.1) is 5.41 Å². The Hall–Kier alpha value is -2.51. The van der Waals surface area contributed by atoms with E-state index < -0.39 is 0 Å². The molecule has 0 bridgehead atoms. The molecule has 1 aliphatic rings. The molecule has 162 valence electrons. The summed E-state index contributed by atoms with van der Waals surface area (Å²) in [5.74, 6) is 0.870. The van der Waals surface area contributed by atoms with Crippen LogP contribution in [0.3, 0.4) is 0 Å². The Balaban J connectivity index is 1.80. The van der Waals surface area contributed by atoms with Gasteiger partial charge in [0.05, 0.1) is 5.52 Å². The fourth-order valence-electron chi connectivity index (χ4n) is 3.99. The summed E-state index contributed by atoms with van der Waals surface area (Å²) >= 11 is 0. The van der Waals surface area contributed by atoms with Crippen LogP contribution in [0.25, 0.3) is 16.5 Å². The number of nitrogens with zero attached hydrogens (tertiary/aromatic N) is 3. The summed E-state index contributed by atoms with van der Waals surface area (Å²) in [5.41, 5.74) is 2.63. The summed E-state index contributed by atoms with van der Waals surface area (Å²) in [6, 6.07) is 7.14. The SMILES string of the molecule is CCOC(C)N/C=C(\C=N)c1ccc2ncnc(NC3CCC(N(C)C)CC3)c2c1. The molecule has 1 aliphatic carbocycles. The van der Waals surface area contributed by atoms with Gasteiger partial charge in [-0.1, -0.05) is 6.07 Å². The highest BCUT2D eigenvalue weighted by Crippen LogP contribution is 2.28. The smallest absolute Gasteiger partial charge is 0.137 e. The average Bonchev–Trinajstić information content (AvgIpc) is 2.75. The number of hydrogen-bond acceptors (Lipinski definition) is 7. The largest absolute Gasteiger partial charge is 0.367 e. The van der Waals surface area contributed by atoms with E-state index in [1.807, 2.05) is 32.2 Å². The molecule has 0 amide bonds. The normalized spacial score (nSPS) is 20.9. The number of rotatable bonds is 9. The van der Waals surface area contributed by atoms with Crippen molar-refractivity contribution in [3.63, 3.8) is 0 Å². The zero-order valence-corrected chi connectivity index (χ0v) is 18.5. The Kier molecular flexibility index (Phi) is 7.76. The third kappa shape index (κ3) is 5.55. The number of aromatic nitrogens is 2. The van der Waals surface area contributed by atoms with E-state index >= 15 is 0 Å². The second kappa shape index (κ2) is 10.5. The van der Waals surface area contributed by atoms with Gasteiger partial charge < -0.3 is 25.7 Å². The van der Waals surface area contributed by atoms with Crippen molar-refractivity contribution >= 4 is 28.5 Å². The van der Waals surface area contributed by atoms with Crippen molar-refractivity contribution in [1.29, 1.82) is 5.41 Å². The molecule has 1 saturated carbocycles. The number of fused-ring (bicyclic) bond motifs is 1. The lowest BCUT2D eigenvalue weighted by Gasteiger charge is -2.33. The predicted molar refractivity (Wildman–Crippen MR) is 124 cm³/mol. The van der Waals surface area contributed by atoms with Gasteiger partial charge in [-0.15, -0.1) is 0 Å². The van der Waals surface area contributed by atoms with Crippen LogP contribution in [-0.4, -0.2) is 60.1 Å². The summed E-state index contributed by atoms with van der Waals surface area (Å²) in [6.45, 7) is 4.55. The maximum Gasteiger partial charge on any atom is 0.137 e. The van der Waals surface area contributed by atoms with Crippen LogP contribution in [0.2, 0.25) is 0 Å². The summed E-state index contributed by atoms with van der Waals surface area (Å²) in [7, 11) is 4.33. The molecule has 0 spiro atoms. The second-order valence-electron chi connectivity index (χ2n) is 8.08. The van der Waals surface area contributed by atoms with Gasteiger partial charge in [-0.2, -0.15) is 0 Å². The van der Waals surface area contributed by atoms with E-state index in [4.69, 9.17) is 10.1 Å². The quantitative estimate of drug-likeness (QED) is 0.430. The molecule has 2 aromatic rings. The number of benzene rings is 1. The van der Waals surface area contributed by atoms with Crippen LogP contribution < -0.4 is 10.6 Å². The summed E-state index contributed by atoms with van der Waals surface area (Å²) in [4.78, 5) is 11.3. The van der Waals surface area contributed by atoms with Gasteiger partial charge in [-0.05, 0) is 71.3 Å². The summed E-state index contributed by atoms with van der Waals surface area (Å²) in [5, 5.41) is 15.7. The van der Waals surface area contributed by atoms with Crippen LogP contribution in [0.15, 0.2) is 30.7 Å². The van der Waals surface area contributed by atoms with Gasteiger partial charge in [0.2, 0.25) is 0 Å². The molecule has 30 heavy (non-hydrogen) atoms. The molecule has 1 atom stereocenters. The first-order valence-corrected chi connectivity index (χ1v) is 10.8. The highest BCUT2D eigenvalue weighted by Gasteiger charge is 2.23. The van der Waals surface area contributed by atoms with Gasteiger partial charge in [0, 0.05) is 42.1 Å². The Bertz CT molecular complexity index is 873. The van der Waals surface area contributed by atoms with Crippen molar-refractivity contribution < 1.29 is 4.74 Å². The Morgan fingerprint density at radius 2 is 2.03 bits per heavy atom. The zero-order chi connectivity index (χ0) is 21.5. The monoisotopic (exact) mass is 410 g/mol. The minimum Gasteiger partial charge on any atom is -0.367 e. The number of hydrogen-bond donors (Lipinski definition) is 3. The average molecular weight is 411 g/mol. The molecular formula is C23H34N6O. The molecule has 3 N–H and O–H groups in total. The summed E-state index contributed by atoms with van der Waals surface area (Å²) in [6.07, 6.45) is 9.36. The molecule has 7 nitrogen and oxygen atoms in total. The number of nitrogens with one attached hydrogen (secondary N) is 3. The Morgan fingerprint density at radius 3 is 2.70 bits per heavy atom. The van der Waals surface area contributed by atoms with Crippen LogP contribution in [0.1, 0.15) is 45.1 Å². The molecule has 3 rings (SSSR count). The lowest BCUT2D eigenvalue weighted by Crippen LogP contribution is -2.36. The molecule has 0 aliphatic heterocycles. The molecular weight excluding hydrogens is 376 g/mol. The molecule has 1 aromatic heterocycles. The number of anilines is 1. The molecule has 7 heteroatoms. The fourth-order valence-corrected chi connectivity index (χ4v) is 3.99. The van der Waals surface area contributed by atoms with E-state index in [2.05, 4.69) is 45.7 Å². The first-order valence-electron chi connectivity index (χ1n) is 10.8. The van der Waals surface area contributed by atoms with Crippen molar-refractivity contribution in [2.75, 3.05) is 26.0 Å².